The Morgan fingerprint density at radius 2 is 1.57 bits per heavy atom. The number of benzene rings is 2. The van der Waals surface area contributed by atoms with Crippen LogP contribution in [0.5, 0.6) is 0 Å². The van der Waals surface area contributed by atoms with Crippen LogP contribution in [0.25, 0.3) is 34.1 Å². The van der Waals surface area contributed by atoms with Gasteiger partial charge in [0.2, 0.25) is 0 Å². The zero-order valence-corrected chi connectivity index (χ0v) is 15.9. The lowest BCUT2D eigenvalue weighted by molar-refractivity contribution is 0.580. The van der Waals surface area contributed by atoms with E-state index in [4.69, 9.17) is 15.1 Å². The van der Waals surface area contributed by atoms with E-state index in [1.165, 1.54) is 0 Å². The Balaban J connectivity index is 1.58. The number of hydrogen-bond donors (Lipinski definition) is 3. The molecule has 0 aliphatic carbocycles. The summed E-state index contributed by atoms with van der Waals surface area (Å²) in [5.74, 6) is 2.33. The molecule has 146 valence electrons. The van der Waals surface area contributed by atoms with Crippen molar-refractivity contribution < 1.29 is 4.42 Å². The Bertz CT molecular complexity index is 1260. The maximum atomic E-state index is 6.47. The molecule has 0 saturated carbocycles. The zero-order chi connectivity index (χ0) is 20.3. The summed E-state index contributed by atoms with van der Waals surface area (Å²) >= 11 is 0. The highest BCUT2D eigenvalue weighted by atomic mass is 16.3. The molecule has 0 bridgehead atoms. The average molecular weight is 394 g/mol. The Hall–Kier alpha value is -4.39. The van der Waals surface area contributed by atoms with Gasteiger partial charge in [0.15, 0.2) is 23.2 Å². The standard InChI is InChI=1S/C23H18N6O/c24-20-21(15-8-3-1-4-9-15)26-22(16-10-5-2-6-11-16)27-23(20)25-19-14-17(28-29-19)18-12-7-13-30-18/h1-14H,24H2,(H2,25,26,27,28,29). The molecule has 4 N–H and O–H groups in total. The predicted molar refractivity (Wildman–Crippen MR) is 117 cm³/mol. The van der Waals surface area contributed by atoms with Gasteiger partial charge in [-0.15, -0.1) is 0 Å². The quantitative estimate of drug-likeness (QED) is 0.382. The van der Waals surface area contributed by atoms with Crippen LogP contribution in [-0.2, 0) is 0 Å². The van der Waals surface area contributed by atoms with Crippen molar-refractivity contribution in [3.63, 3.8) is 0 Å². The topological polar surface area (TPSA) is 106 Å². The predicted octanol–water partition coefficient (Wildman–Crippen LogP) is 5.12. The molecule has 0 aliphatic rings. The molecule has 7 nitrogen and oxygen atoms in total. The van der Waals surface area contributed by atoms with Crippen LogP contribution in [0, 0.1) is 0 Å². The first-order valence-corrected chi connectivity index (χ1v) is 9.42. The van der Waals surface area contributed by atoms with Gasteiger partial charge in [-0.05, 0) is 12.1 Å². The highest BCUT2D eigenvalue weighted by Gasteiger charge is 2.16. The maximum Gasteiger partial charge on any atom is 0.162 e. The first-order chi connectivity index (χ1) is 14.8. The van der Waals surface area contributed by atoms with Crippen LogP contribution in [0.1, 0.15) is 0 Å². The molecule has 3 heterocycles. The average Bonchev–Trinajstić information content (AvgIpc) is 3.48. The number of nitrogens with zero attached hydrogens (tertiary/aromatic N) is 3. The van der Waals surface area contributed by atoms with E-state index in [9.17, 15) is 0 Å². The van der Waals surface area contributed by atoms with Crippen LogP contribution in [0.2, 0.25) is 0 Å². The second-order valence-corrected chi connectivity index (χ2v) is 6.66. The van der Waals surface area contributed by atoms with Gasteiger partial charge in [-0.25, -0.2) is 9.97 Å². The normalized spacial score (nSPS) is 10.8. The molecule has 0 radical (unpaired) electrons. The van der Waals surface area contributed by atoms with Gasteiger partial charge in [-0.1, -0.05) is 60.7 Å². The SMILES string of the molecule is Nc1c(Nc2cc(-c3ccco3)[nH]n2)nc(-c2ccccc2)nc1-c1ccccc1. The third-order valence-corrected chi connectivity index (χ3v) is 4.64. The molecule has 0 aliphatic heterocycles. The molecular weight excluding hydrogens is 376 g/mol. The van der Waals surface area contributed by atoms with Gasteiger partial charge < -0.3 is 15.5 Å². The van der Waals surface area contributed by atoms with Crippen LogP contribution in [0.4, 0.5) is 17.3 Å². The summed E-state index contributed by atoms with van der Waals surface area (Å²) in [4.78, 5) is 9.41. The molecule has 3 aromatic heterocycles. The Morgan fingerprint density at radius 3 is 2.27 bits per heavy atom. The third kappa shape index (κ3) is 3.40. The molecule has 30 heavy (non-hydrogen) atoms. The van der Waals surface area contributed by atoms with Gasteiger partial charge >= 0.3 is 0 Å². The number of H-pyrrole nitrogens is 1. The van der Waals surface area contributed by atoms with Crippen molar-refractivity contribution in [2.45, 2.75) is 0 Å². The van der Waals surface area contributed by atoms with E-state index in [1.807, 2.05) is 78.9 Å². The van der Waals surface area contributed by atoms with Crippen molar-refractivity contribution in [2.24, 2.45) is 0 Å². The smallest absolute Gasteiger partial charge is 0.162 e. The number of furan rings is 1. The van der Waals surface area contributed by atoms with E-state index in [0.29, 0.717) is 34.6 Å². The Kier molecular flexibility index (Phi) is 4.46. The monoisotopic (exact) mass is 394 g/mol. The number of hydrogen-bond acceptors (Lipinski definition) is 6. The summed E-state index contributed by atoms with van der Waals surface area (Å²) in [5, 5.41) is 10.5. The molecule has 7 heteroatoms. The molecule has 0 saturated heterocycles. The van der Waals surface area contributed by atoms with Crippen LogP contribution >= 0.6 is 0 Å². The third-order valence-electron chi connectivity index (χ3n) is 4.64. The summed E-state index contributed by atoms with van der Waals surface area (Å²) in [6.45, 7) is 0. The lowest BCUT2D eigenvalue weighted by Gasteiger charge is -2.13. The molecule has 0 fully saturated rings. The summed E-state index contributed by atoms with van der Waals surface area (Å²) < 4.78 is 5.41. The first-order valence-electron chi connectivity index (χ1n) is 9.42. The highest BCUT2D eigenvalue weighted by molar-refractivity contribution is 5.84. The molecule has 0 atom stereocenters. The number of anilines is 3. The maximum absolute atomic E-state index is 6.47. The zero-order valence-electron chi connectivity index (χ0n) is 15.9. The van der Waals surface area contributed by atoms with E-state index in [-0.39, 0.29) is 0 Å². The highest BCUT2D eigenvalue weighted by Crippen LogP contribution is 2.33. The van der Waals surface area contributed by atoms with E-state index in [0.717, 1.165) is 16.8 Å². The van der Waals surface area contributed by atoms with E-state index >= 15 is 0 Å². The minimum absolute atomic E-state index is 0.448. The van der Waals surface area contributed by atoms with Crippen molar-refractivity contribution in [3.8, 4) is 34.1 Å². The van der Waals surface area contributed by atoms with Gasteiger partial charge in [0, 0.05) is 17.2 Å². The largest absolute Gasteiger partial charge is 0.463 e. The number of nitrogens with two attached hydrogens (primary N) is 1. The number of rotatable bonds is 5. The van der Waals surface area contributed by atoms with E-state index in [2.05, 4.69) is 20.5 Å². The van der Waals surface area contributed by atoms with Crippen LogP contribution in [0.3, 0.4) is 0 Å². The molecule has 2 aromatic carbocycles. The molecule has 0 unspecified atom stereocenters. The number of aromatic amines is 1. The molecular formula is C23H18N6O. The number of aromatic nitrogens is 4. The number of nitrogens with one attached hydrogen (secondary N) is 2. The summed E-state index contributed by atoms with van der Waals surface area (Å²) in [5.41, 5.74) is 10.1. The summed E-state index contributed by atoms with van der Waals surface area (Å²) in [7, 11) is 0. The van der Waals surface area contributed by atoms with Crippen LogP contribution in [0.15, 0.2) is 89.5 Å². The minimum atomic E-state index is 0.448. The van der Waals surface area contributed by atoms with Crippen molar-refractivity contribution in [2.75, 3.05) is 11.1 Å². The van der Waals surface area contributed by atoms with Crippen LogP contribution in [-0.4, -0.2) is 20.2 Å². The van der Waals surface area contributed by atoms with Crippen molar-refractivity contribution in [1.29, 1.82) is 0 Å². The van der Waals surface area contributed by atoms with Crippen molar-refractivity contribution >= 4 is 17.3 Å². The van der Waals surface area contributed by atoms with Crippen LogP contribution < -0.4 is 11.1 Å². The molecule has 0 spiro atoms. The van der Waals surface area contributed by atoms with Gasteiger partial charge in [0.05, 0.1) is 12.0 Å². The molecule has 5 rings (SSSR count). The lowest BCUT2D eigenvalue weighted by Crippen LogP contribution is -2.05. The summed E-state index contributed by atoms with van der Waals surface area (Å²) in [6.07, 6.45) is 1.62. The van der Waals surface area contributed by atoms with Crippen molar-refractivity contribution in [1.82, 2.24) is 20.2 Å². The molecule has 0 amide bonds. The second kappa shape index (κ2) is 7.56. The van der Waals surface area contributed by atoms with Gasteiger partial charge in [-0.3, -0.25) is 5.10 Å². The number of nitrogen functional groups attached to an aromatic ring is 1. The first kappa shape index (κ1) is 17.7. The minimum Gasteiger partial charge on any atom is -0.463 e. The molecule has 5 aromatic rings. The van der Waals surface area contributed by atoms with Gasteiger partial charge in [0.25, 0.3) is 0 Å². The second-order valence-electron chi connectivity index (χ2n) is 6.66. The fourth-order valence-electron chi connectivity index (χ4n) is 3.16. The fourth-order valence-corrected chi connectivity index (χ4v) is 3.16. The van der Waals surface area contributed by atoms with E-state index < -0.39 is 0 Å². The van der Waals surface area contributed by atoms with Gasteiger partial charge in [-0.2, -0.15) is 5.10 Å². The van der Waals surface area contributed by atoms with E-state index in [1.54, 1.807) is 6.26 Å². The van der Waals surface area contributed by atoms with Gasteiger partial charge in [0.1, 0.15) is 11.4 Å². The summed E-state index contributed by atoms with van der Waals surface area (Å²) in [6, 6.07) is 25.1. The Morgan fingerprint density at radius 1 is 0.833 bits per heavy atom. The Labute approximate surface area is 172 Å². The van der Waals surface area contributed by atoms with Crippen molar-refractivity contribution in [3.05, 3.63) is 85.1 Å². The fraction of sp³-hybridized carbons (Fsp3) is 0. The lowest BCUT2D eigenvalue weighted by atomic mass is 10.1.